The van der Waals surface area contributed by atoms with Crippen LogP contribution in [-0.2, 0) is 6.42 Å². The van der Waals surface area contributed by atoms with Crippen molar-refractivity contribution in [2.45, 2.75) is 20.3 Å². The molecule has 23 heavy (non-hydrogen) atoms. The summed E-state index contributed by atoms with van der Waals surface area (Å²) in [6.07, 6.45) is 3.03. The number of hydrogen-bond acceptors (Lipinski definition) is 3. The van der Waals surface area contributed by atoms with E-state index in [0.29, 0.717) is 0 Å². The number of ether oxygens (including phenoxy) is 1. The lowest BCUT2D eigenvalue weighted by Gasteiger charge is -2.30. The van der Waals surface area contributed by atoms with Gasteiger partial charge in [-0.2, -0.15) is 0 Å². The molecule has 0 bridgehead atoms. The van der Waals surface area contributed by atoms with Gasteiger partial charge in [0.15, 0.2) is 5.75 Å². The molecule has 0 amide bonds. The molecule has 0 fully saturated rings. The number of anilines is 1. The molecule has 2 aromatic carbocycles. The summed E-state index contributed by atoms with van der Waals surface area (Å²) in [4.78, 5) is 7.30. The highest BCUT2D eigenvalue weighted by Crippen LogP contribution is 2.39. The zero-order valence-electron chi connectivity index (χ0n) is 13.5. The van der Waals surface area contributed by atoms with Crippen molar-refractivity contribution in [3.05, 3.63) is 65.4 Å². The van der Waals surface area contributed by atoms with Gasteiger partial charge >= 0.3 is 0 Å². The molecule has 0 saturated heterocycles. The Morgan fingerprint density at radius 3 is 2.70 bits per heavy atom. The predicted molar refractivity (Wildman–Crippen MR) is 95.1 cm³/mol. The molecule has 3 nitrogen and oxygen atoms in total. The molecule has 1 heterocycles. The minimum absolute atomic E-state index is 0.839. The highest BCUT2D eigenvalue weighted by molar-refractivity contribution is 6.18. The maximum atomic E-state index is 6.11. The van der Waals surface area contributed by atoms with E-state index in [2.05, 4.69) is 43.0 Å². The lowest BCUT2D eigenvalue weighted by Crippen LogP contribution is -2.28. The summed E-state index contributed by atoms with van der Waals surface area (Å²) in [6.45, 7) is 6.35. The summed E-state index contributed by atoms with van der Waals surface area (Å²) < 4.78 is 6.11. The fourth-order valence-electron chi connectivity index (χ4n) is 3.36. The third-order valence-corrected chi connectivity index (χ3v) is 4.53. The Hall–Kier alpha value is -2.55. The number of rotatable bonds is 3. The van der Waals surface area contributed by atoms with Crippen LogP contribution in [0.1, 0.15) is 25.0 Å². The van der Waals surface area contributed by atoms with E-state index in [4.69, 9.17) is 9.73 Å². The van der Waals surface area contributed by atoms with E-state index >= 15 is 0 Å². The summed E-state index contributed by atoms with van der Waals surface area (Å²) >= 11 is 0. The van der Waals surface area contributed by atoms with Crippen LogP contribution in [0, 0.1) is 0 Å². The topological polar surface area (TPSA) is 24.8 Å². The van der Waals surface area contributed by atoms with E-state index in [1.54, 1.807) is 0 Å². The number of nitrogens with zero attached hydrogens (tertiary/aromatic N) is 2. The average Bonchev–Trinajstić information content (AvgIpc) is 2.61. The zero-order valence-corrected chi connectivity index (χ0v) is 13.5. The molecule has 0 N–H and O–H groups in total. The van der Waals surface area contributed by atoms with Crippen LogP contribution in [0.15, 0.2) is 59.3 Å². The van der Waals surface area contributed by atoms with E-state index in [1.165, 1.54) is 16.8 Å². The second-order valence-corrected chi connectivity index (χ2v) is 5.79. The number of fused-ring (bicyclic) bond motifs is 4. The summed E-state index contributed by atoms with van der Waals surface area (Å²) in [5.41, 5.74) is 5.66. The summed E-state index contributed by atoms with van der Waals surface area (Å²) in [6, 6.07) is 14.5. The molecule has 116 valence electrons. The quantitative estimate of drug-likeness (QED) is 0.835. The Labute approximate surface area is 136 Å². The Kier molecular flexibility index (Phi) is 3.41. The van der Waals surface area contributed by atoms with Crippen molar-refractivity contribution in [2.75, 3.05) is 18.0 Å². The van der Waals surface area contributed by atoms with Gasteiger partial charge in [-0.3, -0.25) is 0 Å². The van der Waals surface area contributed by atoms with Gasteiger partial charge in [-0.05, 0) is 50.1 Å². The maximum absolute atomic E-state index is 6.11. The average molecular weight is 304 g/mol. The minimum Gasteiger partial charge on any atom is -0.453 e. The van der Waals surface area contributed by atoms with E-state index in [9.17, 15) is 0 Å². The second-order valence-electron chi connectivity index (χ2n) is 5.79. The van der Waals surface area contributed by atoms with Crippen LogP contribution in [0.25, 0.3) is 0 Å². The van der Waals surface area contributed by atoms with Gasteiger partial charge < -0.3 is 9.64 Å². The Bertz CT molecular complexity index is 816. The van der Waals surface area contributed by atoms with E-state index in [0.717, 1.165) is 42.4 Å². The molecule has 0 aromatic heterocycles. The molecule has 0 atom stereocenters. The molecule has 0 radical (unpaired) electrons. The summed E-state index contributed by atoms with van der Waals surface area (Å²) in [5.74, 6) is 1.72. The third kappa shape index (κ3) is 2.24. The van der Waals surface area contributed by atoms with Crippen molar-refractivity contribution in [2.24, 2.45) is 4.99 Å². The first-order chi connectivity index (χ1) is 11.3. The molecule has 3 heteroatoms. The minimum atomic E-state index is 0.839. The first-order valence-electron chi connectivity index (χ1n) is 8.25. The second kappa shape index (κ2) is 5.58. The molecule has 1 aliphatic carbocycles. The van der Waals surface area contributed by atoms with Gasteiger partial charge in [0.2, 0.25) is 0 Å². The van der Waals surface area contributed by atoms with Crippen molar-refractivity contribution in [1.82, 2.24) is 0 Å². The molecule has 1 aliphatic heterocycles. The van der Waals surface area contributed by atoms with E-state index < -0.39 is 0 Å². The van der Waals surface area contributed by atoms with Crippen LogP contribution in [-0.4, -0.2) is 18.8 Å². The van der Waals surface area contributed by atoms with E-state index in [-0.39, 0.29) is 0 Å². The van der Waals surface area contributed by atoms with Crippen LogP contribution in [0.5, 0.6) is 5.75 Å². The molecule has 4 rings (SSSR count). The van der Waals surface area contributed by atoms with Crippen LogP contribution in [0.3, 0.4) is 0 Å². The highest BCUT2D eigenvalue weighted by Gasteiger charge is 2.28. The molecule has 0 saturated carbocycles. The van der Waals surface area contributed by atoms with Gasteiger partial charge in [0, 0.05) is 24.3 Å². The largest absolute Gasteiger partial charge is 0.453 e. The normalized spacial score (nSPS) is 14.7. The van der Waals surface area contributed by atoms with Gasteiger partial charge in [-0.25, -0.2) is 4.99 Å². The molecular weight excluding hydrogens is 284 g/mol. The Morgan fingerprint density at radius 1 is 1.04 bits per heavy atom. The fraction of sp³-hybridized carbons (Fsp3) is 0.250. The molecule has 0 unspecified atom stereocenters. The van der Waals surface area contributed by atoms with Crippen LogP contribution >= 0.6 is 0 Å². The van der Waals surface area contributed by atoms with Crippen molar-refractivity contribution in [3.8, 4) is 5.75 Å². The number of hydrogen-bond donors (Lipinski definition) is 0. The van der Waals surface area contributed by atoms with Gasteiger partial charge in [0.1, 0.15) is 17.2 Å². The Morgan fingerprint density at radius 2 is 1.87 bits per heavy atom. The van der Waals surface area contributed by atoms with Crippen molar-refractivity contribution < 1.29 is 4.74 Å². The maximum Gasteiger partial charge on any atom is 0.153 e. The van der Waals surface area contributed by atoms with Crippen molar-refractivity contribution in [1.29, 1.82) is 0 Å². The highest BCUT2D eigenvalue weighted by atomic mass is 16.5. The number of para-hydroxylation sites is 2. The van der Waals surface area contributed by atoms with Crippen LogP contribution < -0.4 is 9.64 Å². The smallest absolute Gasteiger partial charge is 0.153 e. The monoisotopic (exact) mass is 304 g/mol. The van der Waals surface area contributed by atoms with Gasteiger partial charge in [0.05, 0.1) is 0 Å². The fourth-order valence-corrected chi connectivity index (χ4v) is 3.36. The first-order valence-corrected chi connectivity index (χ1v) is 8.25. The predicted octanol–water partition coefficient (Wildman–Crippen LogP) is 4.49. The lowest BCUT2D eigenvalue weighted by molar-refractivity contribution is 0.447. The summed E-state index contributed by atoms with van der Waals surface area (Å²) in [7, 11) is 0. The molecule has 2 aliphatic rings. The van der Waals surface area contributed by atoms with Crippen LogP contribution in [0.4, 0.5) is 11.4 Å². The molecule has 2 aromatic rings. The molecular formula is C20H20N2O. The lowest BCUT2D eigenvalue weighted by atomic mass is 9.91. The van der Waals surface area contributed by atoms with Gasteiger partial charge in [-0.15, -0.1) is 0 Å². The van der Waals surface area contributed by atoms with Crippen molar-refractivity contribution in [3.63, 3.8) is 0 Å². The Balaban J connectivity index is 1.92. The third-order valence-electron chi connectivity index (χ3n) is 4.53. The number of aliphatic imine (C=N–C) groups is 1. The van der Waals surface area contributed by atoms with Crippen LogP contribution in [0.2, 0.25) is 0 Å². The zero-order chi connectivity index (χ0) is 15.8. The number of allylic oxidation sites excluding steroid dienone is 2. The first kappa shape index (κ1) is 14.1. The van der Waals surface area contributed by atoms with Gasteiger partial charge in [-0.1, -0.05) is 24.3 Å². The summed E-state index contributed by atoms with van der Waals surface area (Å²) in [5, 5.41) is 0. The van der Waals surface area contributed by atoms with E-state index in [1.807, 2.05) is 24.3 Å². The van der Waals surface area contributed by atoms with Gasteiger partial charge in [0.25, 0.3) is 0 Å². The molecule has 0 spiro atoms. The van der Waals surface area contributed by atoms with Crippen molar-refractivity contribution >= 4 is 17.1 Å². The standard InChI is InChI=1S/C20H20N2O/c1-3-22(4-2)16-10-7-8-14-12-13-18-20(19(14)16)21-15-9-5-6-11-17(15)23-18/h5-11,13H,3-4,12H2,1-2H3. The number of benzene rings is 2. The SMILES string of the molecule is CCN(CC)c1cccc2c1C1=Nc3ccccc3OC1=CC2.